The Hall–Kier alpha value is -3.49. The van der Waals surface area contributed by atoms with Gasteiger partial charge in [0.1, 0.15) is 0 Å². The molecular weight excluding hydrogens is 568 g/mol. The summed E-state index contributed by atoms with van der Waals surface area (Å²) < 4.78 is 0. The van der Waals surface area contributed by atoms with Gasteiger partial charge in [-0.05, 0) is 60.6 Å². The molecule has 45 heavy (non-hydrogen) atoms. The van der Waals surface area contributed by atoms with Crippen molar-refractivity contribution in [2.45, 2.75) is 111 Å². The van der Waals surface area contributed by atoms with Gasteiger partial charge in [-0.2, -0.15) is 0 Å². The van der Waals surface area contributed by atoms with E-state index in [9.17, 15) is 24.0 Å². The molecule has 0 saturated heterocycles. The first-order valence-electron chi connectivity index (χ1n) is 17.0. The fourth-order valence-corrected chi connectivity index (χ4v) is 5.70. The SMILES string of the molecule is CCCC(C)CC.CCCCC(CC)CC(NC(=O)CNC(=O)CNC(=O)CNC(=O)C1=Cc2ccccc2C2CC12)C(C)=O. The van der Waals surface area contributed by atoms with Gasteiger partial charge in [0.15, 0.2) is 5.78 Å². The summed E-state index contributed by atoms with van der Waals surface area (Å²) in [5.74, 6) is -0.0261. The number of Topliss-reactive ketones (excluding diaryl/α,β-unsaturated/α-hetero) is 1. The maximum atomic E-state index is 12.6. The van der Waals surface area contributed by atoms with Gasteiger partial charge in [-0.25, -0.2) is 0 Å². The van der Waals surface area contributed by atoms with Crippen LogP contribution in [0.2, 0.25) is 0 Å². The van der Waals surface area contributed by atoms with Crippen molar-refractivity contribution in [3.63, 3.8) is 0 Å². The van der Waals surface area contributed by atoms with Crippen LogP contribution in [0.25, 0.3) is 6.08 Å². The van der Waals surface area contributed by atoms with Crippen molar-refractivity contribution >= 4 is 35.5 Å². The minimum Gasteiger partial charge on any atom is -0.346 e. The fraction of sp³-hybridized carbons (Fsp3) is 0.639. The number of rotatable bonds is 18. The van der Waals surface area contributed by atoms with Gasteiger partial charge < -0.3 is 21.3 Å². The number of unbranched alkanes of at least 4 members (excludes halogenated alkanes) is 1. The van der Waals surface area contributed by atoms with Crippen LogP contribution < -0.4 is 21.3 Å². The van der Waals surface area contributed by atoms with Crippen LogP contribution in [0, 0.1) is 17.8 Å². The molecule has 1 fully saturated rings. The van der Waals surface area contributed by atoms with Crippen LogP contribution in [0.15, 0.2) is 29.8 Å². The van der Waals surface area contributed by atoms with E-state index < -0.39 is 23.8 Å². The molecule has 250 valence electrons. The second-order valence-corrected chi connectivity index (χ2v) is 12.6. The van der Waals surface area contributed by atoms with Crippen LogP contribution in [-0.2, 0) is 24.0 Å². The van der Waals surface area contributed by atoms with Crippen LogP contribution in [0.1, 0.15) is 116 Å². The molecule has 3 rings (SSSR count). The van der Waals surface area contributed by atoms with Gasteiger partial charge in [-0.15, -0.1) is 0 Å². The van der Waals surface area contributed by atoms with Crippen LogP contribution >= 0.6 is 0 Å². The first-order valence-corrected chi connectivity index (χ1v) is 17.0. The lowest BCUT2D eigenvalue weighted by atomic mass is 9.91. The molecule has 4 N–H and O–H groups in total. The van der Waals surface area contributed by atoms with Crippen molar-refractivity contribution in [2.75, 3.05) is 19.6 Å². The fourth-order valence-electron chi connectivity index (χ4n) is 5.70. The van der Waals surface area contributed by atoms with Gasteiger partial charge in [0.25, 0.3) is 0 Å². The Bertz CT molecular complexity index is 1180. The number of ketones is 1. The molecular formula is C36H56N4O5. The van der Waals surface area contributed by atoms with Gasteiger partial charge in [0.05, 0.1) is 25.7 Å². The lowest BCUT2D eigenvalue weighted by Crippen LogP contribution is -2.47. The zero-order chi connectivity index (χ0) is 33.4. The van der Waals surface area contributed by atoms with Gasteiger partial charge in [0, 0.05) is 5.57 Å². The van der Waals surface area contributed by atoms with E-state index in [1.54, 1.807) is 0 Å². The molecule has 0 bridgehead atoms. The van der Waals surface area contributed by atoms with Gasteiger partial charge in [-0.1, -0.05) is 104 Å². The number of hydrogen-bond donors (Lipinski definition) is 4. The summed E-state index contributed by atoms with van der Waals surface area (Å²) in [4.78, 5) is 61.2. The van der Waals surface area contributed by atoms with Crippen LogP contribution in [-0.4, -0.2) is 55.1 Å². The van der Waals surface area contributed by atoms with Crippen molar-refractivity contribution in [3.05, 3.63) is 41.0 Å². The highest BCUT2D eigenvalue weighted by molar-refractivity contribution is 6.02. The highest BCUT2D eigenvalue weighted by Gasteiger charge is 2.46. The third kappa shape index (κ3) is 13.2. The molecule has 0 aliphatic heterocycles. The number of nitrogens with one attached hydrogen (secondary N) is 4. The number of carbonyl (C=O) groups is 5. The third-order valence-corrected chi connectivity index (χ3v) is 8.88. The maximum Gasteiger partial charge on any atom is 0.247 e. The minimum absolute atomic E-state index is 0.112. The molecule has 0 heterocycles. The van der Waals surface area contributed by atoms with Crippen molar-refractivity contribution < 1.29 is 24.0 Å². The third-order valence-electron chi connectivity index (χ3n) is 8.88. The molecule has 1 aromatic carbocycles. The van der Waals surface area contributed by atoms with Crippen LogP contribution in [0.5, 0.6) is 0 Å². The summed E-state index contributed by atoms with van der Waals surface area (Å²) in [6, 6.07) is 7.43. The van der Waals surface area contributed by atoms with Gasteiger partial charge in [0.2, 0.25) is 23.6 Å². The second kappa shape index (κ2) is 19.8. The molecule has 9 heteroatoms. The predicted octanol–water partition coefficient (Wildman–Crippen LogP) is 5.05. The zero-order valence-electron chi connectivity index (χ0n) is 28.3. The minimum atomic E-state index is -0.580. The number of carbonyl (C=O) groups excluding carboxylic acids is 5. The Morgan fingerprint density at radius 1 is 0.800 bits per heavy atom. The number of hydrogen-bond acceptors (Lipinski definition) is 5. The van der Waals surface area contributed by atoms with Crippen molar-refractivity contribution in [3.8, 4) is 0 Å². The molecule has 5 atom stereocenters. The van der Waals surface area contributed by atoms with E-state index >= 15 is 0 Å². The lowest BCUT2D eigenvalue weighted by molar-refractivity contribution is -0.129. The van der Waals surface area contributed by atoms with E-state index in [1.807, 2.05) is 24.3 Å². The zero-order valence-corrected chi connectivity index (χ0v) is 28.3. The molecule has 5 unspecified atom stereocenters. The molecule has 0 aromatic heterocycles. The molecule has 1 aromatic rings. The Labute approximate surface area is 270 Å². The molecule has 2 aliphatic rings. The number of benzene rings is 1. The van der Waals surface area contributed by atoms with E-state index in [0.717, 1.165) is 43.6 Å². The lowest BCUT2D eigenvalue weighted by Gasteiger charge is -2.22. The first-order chi connectivity index (χ1) is 21.5. The summed E-state index contributed by atoms with van der Waals surface area (Å²) in [5, 5.41) is 10.2. The smallest absolute Gasteiger partial charge is 0.247 e. The van der Waals surface area contributed by atoms with E-state index in [0.29, 0.717) is 23.8 Å². The summed E-state index contributed by atoms with van der Waals surface area (Å²) in [5.41, 5.74) is 2.99. The Morgan fingerprint density at radius 2 is 1.44 bits per heavy atom. The number of amides is 4. The number of fused-ring (bicyclic) bond motifs is 3. The van der Waals surface area contributed by atoms with Crippen molar-refractivity contribution in [1.82, 2.24) is 21.3 Å². The summed E-state index contributed by atoms with van der Waals surface area (Å²) in [6.07, 6.45) is 11.6. The largest absolute Gasteiger partial charge is 0.346 e. The molecule has 0 spiro atoms. The van der Waals surface area contributed by atoms with Gasteiger partial charge in [-0.3, -0.25) is 24.0 Å². The van der Waals surface area contributed by atoms with E-state index in [1.165, 1.54) is 31.7 Å². The van der Waals surface area contributed by atoms with E-state index in [4.69, 9.17) is 0 Å². The van der Waals surface area contributed by atoms with Crippen molar-refractivity contribution in [1.29, 1.82) is 0 Å². The summed E-state index contributed by atoms with van der Waals surface area (Å²) >= 11 is 0. The molecule has 9 nitrogen and oxygen atoms in total. The van der Waals surface area contributed by atoms with E-state index in [2.05, 4.69) is 62.0 Å². The molecule has 2 aliphatic carbocycles. The van der Waals surface area contributed by atoms with Crippen LogP contribution in [0.3, 0.4) is 0 Å². The quantitative estimate of drug-likeness (QED) is 0.181. The summed E-state index contributed by atoms with van der Waals surface area (Å²) in [7, 11) is 0. The highest BCUT2D eigenvalue weighted by atomic mass is 16.2. The first kappa shape index (κ1) is 37.7. The summed E-state index contributed by atoms with van der Waals surface area (Å²) in [6.45, 7) is 11.6. The monoisotopic (exact) mass is 624 g/mol. The standard InChI is InChI=1S/C29H40N4O5.C7H16/c1-4-6-9-19(5-2)12-25(18(3)34)33-28(37)17-31-26(35)15-30-27(36)16-32-29(38)24-13-20-10-7-8-11-21(20)22-14-23(22)24;1-4-6-7(3)5-2/h7-8,10-11,13,19,22-23,25H,4-6,9,12,14-17H2,1-3H3,(H,30,36)(H,31,35)(H,32,38)(H,33,37);7H,4-6H2,1-3H3. The normalized spacial score (nSPS) is 17.9. The van der Waals surface area contributed by atoms with E-state index in [-0.39, 0.29) is 37.2 Å². The molecule has 1 saturated carbocycles. The topological polar surface area (TPSA) is 133 Å². The Morgan fingerprint density at radius 3 is 2.02 bits per heavy atom. The Kier molecular flexibility index (Phi) is 16.6. The highest BCUT2D eigenvalue weighted by Crippen LogP contribution is 2.56. The van der Waals surface area contributed by atoms with Crippen molar-refractivity contribution in [2.24, 2.45) is 17.8 Å². The van der Waals surface area contributed by atoms with Crippen LogP contribution in [0.4, 0.5) is 0 Å². The van der Waals surface area contributed by atoms with Gasteiger partial charge >= 0.3 is 0 Å². The second-order valence-electron chi connectivity index (χ2n) is 12.6. The Balaban J connectivity index is 0.000000900. The maximum absolute atomic E-state index is 12.6. The molecule has 4 amide bonds. The average molecular weight is 625 g/mol. The predicted molar refractivity (Wildman–Crippen MR) is 179 cm³/mol. The molecule has 0 radical (unpaired) electrons. The average Bonchev–Trinajstić information content (AvgIpc) is 3.84.